The summed E-state index contributed by atoms with van der Waals surface area (Å²) in [5.41, 5.74) is 2.18. The van der Waals surface area contributed by atoms with Crippen LogP contribution in [0.15, 0.2) is 12.3 Å². The molecule has 1 aromatic heterocycles. The Hall–Kier alpha value is -1.69. The van der Waals surface area contributed by atoms with Crippen molar-refractivity contribution in [2.45, 2.75) is 32.7 Å². The molecular weight excluding hydrogens is 247 g/mol. The summed E-state index contributed by atoms with van der Waals surface area (Å²) in [6, 6.07) is 1.64. The van der Waals surface area contributed by atoms with Crippen LogP contribution in [0.5, 0.6) is 0 Å². The first-order valence-electron chi connectivity index (χ1n) is 6.46. The van der Waals surface area contributed by atoms with Gasteiger partial charge in [-0.3, -0.25) is 4.79 Å². The highest BCUT2D eigenvalue weighted by Crippen LogP contribution is 2.30. The Labute approximate surface area is 112 Å². The van der Waals surface area contributed by atoms with E-state index in [-0.39, 0.29) is 23.3 Å². The topological polar surface area (TPSA) is 71.2 Å². The van der Waals surface area contributed by atoms with Crippen molar-refractivity contribution in [3.63, 3.8) is 0 Å². The summed E-state index contributed by atoms with van der Waals surface area (Å²) in [6.07, 6.45) is 3.37. The molecule has 0 aliphatic heterocycles. The lowest BCUT2D eigenvalue weighted by molar-refractivity contribution is 0.0717. The average Bonchev–Trinajstić information content (AvgIpc) is 3.19. The number of hydrogen-bond acceptors (Lipinski definition) is 4. The predicted octanol–water partition coefficient (Wildman–Crippen LogP) is 1.77. The standard InChI is InChI=1S/C13H19FN4O/c1-8(2)7-18(9-3-4-9)13(19)10-5-6-16-12(17-15)11(10)14/h5-6,8-9H,3-4,7,15H2,1-2H3,(H,16,17). The summed E-state index contributed by atoms with van der Waals surface area (Å²) < 4.78 is 14.1. The molecule has 1 amide bonds. The average molecular weight is 266 g/mol. The van der Waals surface area contributed by atoms with E-state index in [0.717, 1.165) is 12.8 Å². The van der Waals surface area contributed by atoms with Gasteiger partial charge in [-0.25, -0.2) is 15.2 Å². The predicted molar refractivity (Wildman–Crippen MR) is 70.9 cm³/mol. The van der Waals surface area contributed by atoms with Crippen LogP contribution in [0, 0.1) is 11.7 Å². The van der Waals surface area contributed by atoms with E-state index in [1.807, 2.05) is 13.8 Å². The Kier molecular flexibility index (Phi) is 3.99. The summed E-state index contributed by atoms with van der Waals surface area (Å²) in [6.45, 7) is 4.72. The fraction of sp³-hybridized carbons (Fsp3) is 0.538. The number of nitrogens with two attached hydrogens (primary N) is 1. The van der Waals surface area contributed by atoms with Gasteiger partial charge in [0.05, 0.1) is 5.56 Å². The molecule has 1 saturated carbocycles. The second-order valence-electron chi connectivity index (χ2n) is 5.25. The Morgan fingerprint density at radius 1 is 1.63 bits per heavy atom. The van der Waals surface area contributed by atoms with E-state index in [1.54, 1.807) is 4.90 Å². The van der Waals surface area contributed by atoms with Gasteiger partial charge in [0, 0.05) is 18.8 Å². The highest BCUT2D eigenvalue weighted by Gasteiger charge is 2.34. The lowest BCUT2D eigenvalue weighted by Crippen LogP contribution is -2.36. The highest BCUT2D eigenvalue weighted by atomic mass is 19.1. The van der Waals surface area contributed by atoms with E-state index >= 15 is 0 Å². The maximum absolute atomic E-state index is 14.1. The molecule has 0 saturated heterocycles. The van der Waals surface area contributed by atoms with Crippen LogP contribution in [0.25, 0.3) is 0 Å². The highest BCUT2D eigenvalue weighted by molar-refractivity contribution is 5.95. The van der Waals surface area contributed by atoms with E-state index in [9.17, 15) is 9.18 Å². The number of hydrazine groups is 1. The number of carbonyl (C=O) groups is 1. The number of hydrogen-bond donors (Lipinski definition) is 2. The second kappa shape index (κ2) is 5.52. The van der Waals surface area contributed by atoms with Crippen LogP contribution in [0.3, 0.4) is 0 Å². The van der Waals surface area contributed by atoms with Crippen molar-refractivity contribution in [3.8, 4) is 0 Å². The summed E-state index contributed by atoms with van der Waals surface area (Å²) in [5, 5.41) is 0. The molecule has 1 fully saturated rings. The monoisotopic (exact) mass is 266 g/mol. The van der Waals surface area contributed by atoms with Crippen LogP contribution in [-0.2, 0) is 0 Å². The number of halogens is 1. The number of rotatable bonds is 5. The van der Waals surface area contributed by atoms with Crippen LogP contribution in [-0.4, -0.2) is 28.4 Å². The molecule has 1 aliphatic carbocycles. The van der Waals surface area contributed by atoms with E-state index in [4.69, 9.17) is 5.84 Å². The number of pyridine rings is 1. The molecule has 0 unspecified atom stereocenters. The number of carbonyl (C=O) groups excluding carboxylic acids is 1. The minimum absolute atomic E-state index is 0.0236. The molecule has 5 nitrogen and oxygen atoms in total. The Balaban J connectivity index is 2.26. The summed E-state index contributed by atoms with van der Waals surface area (Å²) in [4.78, 5) is 17.9. The Morgan fingerprint density at radius 3 is 2.84 bits per heavy atom. The molecule has 3 N–H and O–H groups in total. The van der Waals surface area contributed by atoms with Crippen LogP contribution in [0.1, 0.15) is 37.0 Å². The van der Waals surface area contributed by atoms with Gasteiger partial charge in [0.1, 0.15) is 0 Å². The summed E-state index contributed by atoms with van der Waals surface area (Å²) in [5.74, 6) is 4.44. The zero-order valence-electron chi connectivity index (χ0n) is 11.2. The van der Waals surface area contributed by atoms with Crippen molar-refractivity contribution < 1.29 is 9.18 Å². The number of aromatic nitrogens is 1. The van der Waals surface area contributed by atoms with E-state index in [0.29, 0.717) is 12.5 Å². The largest absolute Gasteiger partial charge is 0.335 e. The molecule has 0 bridgehead atoms. The lowest BCUT2D eigenvalue weighted by Gasteiger charge is -2.24. The molecule has 1 aromatic rings. The smallest absolute Gasteiger partial charge is 0.257 e. The molecule has 0 radical (unpaired) electrons. The maximum atomic E-state index is 14.1. The maximum Gasteiger partial charge on any atom is 0.257 e. The third-order valence-corrected chi connectivity index (χ3v) is 3.07. The van der Waals surface area contributed by atoms with E-state index < -0.39 is 5.82 Å². The SMILES string of the molecule is CC(C)CN(C(=O)c1ccnc(NN)c1F)C1CC1. The van der Waals surface area contributed by atoms with Crippen LogP contribution in [0.4, 0.5) is 10.2 Å². The molecule has 2 rings (SSSR count). The first kappa shape index (κ1) is 13.7. The molecule has 6 heteroatoms. The molecular formula is C13H19FN4O. The third-order valence-electron chi connectivity index (χ3n) is 3.07. The van der Waals surface area contributed by atoms with Gasteiger partial charge in [-0.1, -0.05) is 13.8 Å². The number of nitrogens with one attached hydrogen (secondary N) is 1. The van der Waals surface area contributed by atoms with Gasteiger partial charge in [-0.15, -0.1) is 0 Å². The van der Waals surface area contributed by atoms with Crippen molar-refractivity contribution in [3.05, 3.63) is 23.6 Å². The lowest BCUT2D eigenvalue weighted by atomic mass is 10.1. The number of amides is 1. The van der Waals surface area contributed by atoms with Crippen molar-refractivity contribution in [2.75, 3.05) is 12.0 Å². The molecule has 1 aliphatic rings. The quantitative estimate of drug-likeness (QED) is 0.629. The van der Waals surface area contributed by atoms with Gasteiger partial charge >= 0.3 is 0 Å². The van der Waals surface area contributed by atoms with Crippen LogP contribution < -0.4 is 11.3 Å². The third kappa shape index (κ3) is 3.01. The first-order chi connectivity index (χ1) is 9.04. The van der Waals surface area contributed by atoms with Gasteiger partial charge in [-0.2, -0.15) is 0 Å². The molecule has 0 atom stereocenters. The second-order valence-corrected chi connectivity index (χ2v) is 5.25. The van der Waals surface area contributed by atoms with Gasteiger partial charge in [0.25, 0.3) is 5.91 Å². The molecule has 104 valence electrons. The molecule has 0 spiro atoms. The van der Waals surface area contributed by atoms with Gasteiger partial charge in [0.2, 0.25) is 0 Å². The first-order valence-corrected chi connectivity index (χ1v) is 6.46. The Bertz CT molecular complexity index is 474. The Morgan fingerprint density at radius 2 is 2.32 bits per heavy atom. The van der Waals surface area contributed by atoms with E-state index in [1.165, 1.54) is 12.3 Å². The molecule has 1 heterocycles. The summed E-state index contributed by atoms with van der Waals surface area (Å²) in [7, 11) is 0. The van der Waals surface area contributed by atoms with Crippen molar-refractivity contribution in [2.24, 2.45) is 11.8 Å². The number of anilines is 1. The fourth-order valence-corrected chi connectivity index (χ4v) is 2.04. The minimum atomic E-state index is -0.690. The molecule has 19 heavy (non-hydrogen) atoms. The van der Waals surface area contributed by atoms with Crippen molar-refractivity contribution in [1.82, 2.24) is 9.88 Å². The minimum Gasteiger partial charge on any atom is -0.335 e. The summed E-state index contributed by atoms with van der Waals surface area (Å²) >= 11 is 0. The number of nitrogen functional groups attached to an aromatic ring is 1. The van der Waals surface area contributed by atoms with E-state index in [2.05, 4.69) is 10.4 Å². The van der Waals surface area contributed by atoms with Gasteiger partial charge in [-0.05, 0) is 24.8 Å². The number of nitrogens with zero attached hydrogens (tertiary/aromatic N) is 2. The van der Waals surface area contributed by atoms with Crippen LogP contribution in [0.2, 0.25) is 0 Å². The zero-order chi connectivity index (χ0) is 14.0. The van der Waals surface area contributed by atoms with Crippen molar-refractivity contribution in [1.29, 1.82) is 0 Å². The van der Waals surface area contributed by atoms with Gasteiger partial charge in [0.15, 0.2) is 11.6 Å². The van der Waals surface area contributed by atoms with Crippen molar-refractivity contribution >= 4 is 11.7 Å². The molecule has 0 aromatic carbocycles. The van der Waals surface area contributed by atoms with Crippen LogP contribution >= 0.6 is 0 Å². The van der Waals surface area contributed by atoms with Gasteiger partial charge < -0.3 is 10.3 Å². The zero-order valence-corrected chi connectivity index (χ0v) is 11.2. The fourth-order valence-electron chi connectivity index (χ4n) is 2.04. The normalized spacial score (nSPS) is 14.6.